The Kier molecular flexibility index (Phi) is 7.13. The molecule has 3 aromatic rings. The first-order chi connectivity index (χ1) is 14.7. The molecule has 0 fully saturated rings. The normalized spacial score (nSPS) is 11.3. The second-order valence-corrected chi connectivity index (χ2v) is 8.56. The molecule has 0 aliphatic rings. The van der Waals surface area contributed by atoms with Gasteiger partial charge in [0.1, 0.15) is 5.58 Å². The molecule has 1 heterocycles. The van der Waals surface area contributed by atoms with E-state index < -0.39 is 0 Å². The molecule has 0 unspecified atom stereocenters. The smallest absolute Gasteiger partial charge is 0.238 e. The fraction of sp³-hybridized carbons (Fsp3) is 0.360. The largest absolute Gasteiger partial charge is 0.464 e. The zero-order valence-corrected chi connectivity index (χ0v) is 18.9. The van der Waals surface area contributed by atoms with E-state index in [2.05, 4.69) is 37.5 Å². The molecule has 0 spiro atoms. The van der Waals surface area contributed by atoms with Crippen molar-refractivity contribution in [2.75, 3.05) is 26.0 Å². The first-order valence-electron chi connectivity index (χ1n) is 10.5. The number of fused-ring (bicyclic) bond motifs is 1. The second-order valence-electron chi connectivity index (χ2n) is 8.56. The molecular formula is C25H31N3O3. The Morgan fingerprint density at radius 2 is 1.87 bits per heavy atom. The Bertz CT molecular complexity index is 1080. The number of carbonyl (C=O) groups excluding carboxylic acids is 2. The summed E-state index contributed by atoms with van der Waals surface area (Å²) in [6.45, 7) is 7.12. The number of likely N-dealkylation sites (N-methyl/N-ethyl adjacent to an activating group) is 1. The van der Waals surface area contributed by atoms with Gasteiger partial charge in [-0.25, -0.2) is 0 Å². The van der Waals surface area contributed by atoms with Gasteiger partial charge in [-0.05, 0) is 67.9 Å². The molecule has 2 amide bonds. The van der Waals surface area contributed by atoms with Crippen LogP contribution in [0.4, 0.5) is 5.69 Å². The predicted octanol–water partition coefficient (Wildman–Crippen LogP) is 4.22. The molecule has 2 N–H and O–H groups in total. The summed E-state index contributed by atoms with van der Waals surface area (Å²) in [4.78, 5) is 26.3. The summed E-state index contributed by atoms with van der Waals surface area (Å²) in [5.74, 6) is 0.261. The third-order valence-electron chi connectivity index (χ3n) is 5.18. The number of carbonyl (C=O) groups is 2. The van der Waals surface area contributed by atoms with E-state index in [0.29, 0.717) is 19.0 Å². The molecule has 31 heavy (non-hydrogen) atoms. The maximum absolute atomic E-state index is 12.6. The molecule has 6 nitrogen and oxygen atoms in total. The zero-order valence-electron chi connectivity index (χ0n) is 18.9. The molecule has 6 heteroatoms. The van der Waals surface area contributed by atoms with Crippen molar-refractivity contribution in [1.82, 2.24) is 10.2 Å². The SMILES string of the molecule is Cc1cc2occ(CC(=O)NCc3cccc(NC(=O)CN(C)C)c3)c2cc1C(C)C. The fourth-order valence-corrected chi connectivity index (χ4v) is 3.69. The van der Waals surface area contributed by atoms with Gasteiger partial charge in [-0.1, -0.05) is 26.0 Å². The number of benzene rings is 2. The summed E-state index contributed by atoms with van der Waals surface area (Å²) in [5, 5.41) is 6.83. The minimum atomic E-state index is -0.0750. The summed E-state index contributed by atoms with van der Waals surface area (Å²) in [7, 11) is 3.69. The minimum absolute atomic E-state index is 0.0728. The molecule has 0 aliphatic heterocycles. The van der Waals surface area contributed by atoms with Gasteiger partial charge in [-0.2, -0.15) is 0 Å². The standard InChI is InChI=1S/C25H31N3O3/c1-16(2)21-12-22-19(15-31-23(22)9-17(21)3)11-24(29)26-13-18-7-6-8-20(10-18)27-25(30)14-28(4)5/h6-10,12,15-16H,11,13-14H2,1-5H3,(H,26,29)(H,27,30). The van der Waals surface area contributed by atoms with E-state index in [-0.39, 0.29) is 18.2 Å². The molecule has 1 aromatic heterocycles. The van der Waals surface area contributed by atoms with Crippen LogP contribution in [0, 0.1) is 6.92 Å². The molecule has 0 bridgehead atoms. The fourth-order valence-electron chi connectivity index (χ4n) is 3.69. The lowest BCUT2D eigenvalue weighted by atomic mass is 9.95. The van der Waals surface area contributed by atoms with Crippen LogP contribution in [-0.4, -0.2) is 37.4 Å². The Hall–Kier alpha value is -3.12. The number of hydrogen-bond donors (Lipinski definition) is 2. The molecule has 0 atom stereocenters. The maximum atomic E-state index is 12.6. The highest BCUT2D eigenvalue weighted by atomic mass is 16.3. The van der Waals surface area contributed by atoms with Crippen LogP contribution in [0.25, 0.3) is 11.0 Å². The van der Waals surface area contributed by atoms with Crippen LogP contribution >= 0.6 is 0 Å². The molecule has 0 saturated carbocycles. The van der Waals surface area contributed by atoms with Crippen molar-refractivity contribution in [2.45, 2.75) is 39.7 Å². The molecule has 0 radical (unpaired) electrons. The maximum Gasteiger partial charge on any atom is 0.238 e. The van der Waals surface area contributed by atoms with Crippen LogP contribution in [0.5, 0.6) is 0 Å². The lowest BCUT2D eigenvalue weighted by Gasteiger charge is -2.11. The quantitative estimate of drug-likeness (QED) is 0.571. The summed E-state index contributed by atoms with van der Waals surface area (Å²) in [5.41, 5.74) is 5.81. The van der Waals surface area contributed by atoms with E-state index in [4.69, 9.17) is 4.42 Å². The highest BCUT2D eigenvalue weighted by molar-refractivity contribution is 5.92. The van der Waals surface area contributed by atoms with Crippen molar-refractivity contribution >= 4 is 28.5 Å². The lowest BCUT2D eigenvalue weighted by molar-refractivity contribution is -0.120. The van der Waals surface area contributed by atoms with Crippen molar-refractivity contribution in [2.24, 2.45) is 0 Å². The summed E-state index contributed by atoms with van der Waals surface area (Å²) < 4.78 is 5.68. The van der Waals surface area contributed by atoms with Crippen LogP contribution in [0.1, 0.15) is 42.0 Å². The topological polar surface area (TPSA) is 74.6 Å². The summed E-state index contributed by atoms with van der Waals surface area (Å²) >= 11 is 0. The third-order valence-corrected chi connectivity index (χ3v) is 5.18. The molecule has 0 aliphatic carbocycles. The van der Waals surface area contributed by atoms with E-state index in [9.17, 15) is 9.59 Å². The van der Waals surface area contributed by atoms with Gasteiger partial charge in [-0.3, -0.25) is 9.59 Å². The Morgan fingerprint density at radius 1 is 1.10 bits per heavy atom. The van der Waals surface area contributed by atoms with Gasteiger partial charge in [0.05, 0.1) is 19.2 Å². The third kappa shape index (κ3) is 5.95. The van der Waals surface area contributed by atoms with Crippen molar-refractivity contribution < 1.29 is 14.0 Å². The number of hydrogen-bond acceptors (Lipinski definition) is 4. The van der Waals surface area contributed by atoms with Crippen LogP contribution in [-0.2, 0) is 22.6 Å². The summed E-state index contributed by atoms with van der Waals surface area (Å²) in [6.07, 6.45) is 1.93. The first-order valence-corrected chi connectivity index (χ1v) is 10.5. The molecular weight excluding hydrogens is 390 g/mol. The van der Waals surface area contributed by atoms with Crippen molar-refractivity contribution in [1.29, 1.82) is 0 Å². The van der Waals surface area contributed by atoms with Gasteiger partial charge >= 0.3 is 0 Å². The molecule has 3 rings (SSSR count). The van der Waals surface area contributed by atoms with Gasteiger partial charge in [0.25, 0.3) is 0 Å². The van der Waals surface area contributed by atoms with E-state index in [0.717, 1.165) is 27.8 Å². The van der Waals surface area contributed by atoms with Crippen LogP contribution in [0.15, 0.2) is 47.1 Å². The number of aryl methyl sites for hydroxylation is 1. The van der Waals surface area contributed by atoms with Gasteiger partial charge < -0.3 is 20.0 Å². The Labute approximate surface area is 183 Å². The Balaban J connectivity index is 1.62. The average Bonchev–Trinajstić information content (AvgIpc) is 3.06. The monoisotopic (exact) mass is 421 g/mol. The van der Waals surface area contributed by atoms with Crippen molar-refractivity contribution in [3.63, 3.8) is 0 Å². The highest BCUT2D eigenvalue weighted by Gasteiger charge is 2.14. The van der Waals surface area contributed by atoms with Gasteiger partial charge in [0.15, 0.2) is 0 Å². The molecule has 0 saturated heterocycles. The average molecular weight is 422 g/mol. The molecule has 2 aromatic carbocycles. The van der Waals surface area contributed by atoms with Crippen molar-refractivity contribution in [3.05, 3.63) is 64.9 Å². The second kappa shape index (κ2) is 9.79. The number of nitrogens with zero attached hydrogens (tertiary/aromatic N) is 1. The predicted molar refractivity (Wildman–Crippen MR) is 124 cm³/mol. The van der Waals surface area contributed by atoms with E-state index in [1.807, 2.05) is 49.3 Å². The number of furan rings is 1. The lowest BCUT2D eigenvalue weighted by Crippen LogP contribution is -2.27. The van der Waals surface area contributed by atoms with E-state index in [1.54, 1.807) is 6.26 Å². The summed E-state index contributed by atoms with van der Waals surface area (Å²) in [6, 6.07) is 11.7. The van der Waals surface area contributed by atoms with Gasteiger partial charge in [0.2, 0.25) is 11.8 Å². The van der Waals surface area contributed by atoms with Crippen LogP contribution < -0.4 is 10.6 Å². The zero-order chi connectivity index (χ0) is 22.5. The Morgan fingerprint density at radius 3 is 2.58 bits per heavy atom. The molecule has 164 valence electrons. The number of amides is 2. The van der Waals surface area contributed by atoms with Crippen molar-refractivity contribution in [3.8, 4) is 0 Å². The van der Waals surface area contributed by atoms with Crippen LogP contribution in [0.3, 0.4) is 0 Å². The minimum Gasteiger partial charge on any atom is -0.464 e. The van der Waals surface area contributed by atoms with Gasteiger partial charge in [-0.15, -0.1) is 0 Å². The van der Waals surface area contributed by atoms with Crippen LogP contribution in [0.2, 0.25) is 0 Å². The number of nitrogens with one attached hydrogen (secondary N) is 2. The highest BCUT2D eigenvalue weighted by Crippen LogP contribution is 2.29. The number of rotatable bonds is 8. The van der Waals surface area contributed by atoms with E-state index >= 15 is 0 Å². The van der Waals surface area contributed by atoms with E-state index in [1.165, 1.54) is 11.1 Å². The first kappa shape index (κ1) is 22.6. The number of anilines is 1. The van der Waals surface area contributed by atoms with Gasteiger partial charge in [0, 0.05) is 23.2 Å².